The Hall–Kier alpha value is -2.49. The SMILES string of the molecule is COc1ccc(-c2c(C)nc3c(C)cccn23)cc1OC. The largest absolute Gasteiger partial charge is 0.493 e. The van der Waals surface area contributed by atoms with Gasteiger partial charge in [-0.15, -0.1) is 0 Å². The topological polar surface area (TPSA) is 35.8 Å². The minimum absolute atomic E-state index is 0.719. The van der Waals surface area contributed by atoms with Gasteiger partial charge in [0.05, 0.1) is 25.6 Å². The Balaban J connectivity index is 2.25. The number of nitrogens with zero attached hydrogens (tertiary/aromatic N) is 2. The van der Waals surface area contributed by atoms with Gasteiger partial charge in [-0.2, -0.15) is 0 Å². The van der Waals surface area contributed by atoms with Gasteiger partial charge in [0.25, 0.3) is 0 Å². The van der Waals surface area contributed by atoms with Crippen LogP contribution in [0.15, 0.2) is 36.5 Å². The molecule has 1 aromatic carbocycles. The molecule has 21 heavy (non-hydrogen) atoms. The van der Waals surface area contributed by atoms with Crippen LogP contribution in [0.2, 0.25) is 0 Å². The summed E-state index contributed by atoms with van der Waals surface area (Å²) in [7, 11) is 3.29. The minimum atomic E-state index is 0.719. The third-order valence-corrected chi connectivity index (χ3v) is 3.68. The fraction of sp³-hybridized carbons (Fsp3) is 0.235. The van der Waals surface area contributed by atoms with Gasteiger partial charge in [-0.3, -0.25) is 4.40 Å². The number of imidazole rings is 1. The summed E-state index contributed by atoms with van der Waals surface area (Å²) in [4.78, 5) is 4.68. The molecule has 0 spiro atoms. The molecule has 108 valence electrons. The maximum Gasteiger partial charge on any atom is 0.161 e. The number of hydrogen-bond acceptors (Lipinski definition) is 3. The first-order chi connectivity index (χ1) is 10.2. The molecule has 0 saturated carbocycles. The van der Waals surface area contributed by atoms with E-state index in [0.717, 1.165) is 39.7 Å². The van der Waals surface area contributed by atoms with E-state index in [1.807, 2.05) is 37.4 Å². The molecule has 0 aliphatic carbocycles. The maximum absolute atomic E-state index is 5.40. The van der Waals surface area contributed by atoms with Gasteiger partial charge in [-0.25, -0.2) is 4.98 Å². The van der Waals surface area contributed by atoms with Crippen molar-refractivity contribution in [3.05, 3.63) is 47.8 Å². The zero-order valence-corrected chi connectivity index (χ0v) is 12.7. The van der Waals surface area contributed by atoms with E-state index >= 15 is 0 Å². The predicted molar refractivity (Wildman–Crippen MR) is 83.2 cm³/mol. The Bertz CT molecular complexity index is 806. The summed E-state index contributed by atoms with van der Waals surface area (Å²) in [6, 6.07) is 10.0. The van der Waals surface area contributed by atoms with Crippen LogP contribution in [0, 0.1) is 13.8 Å². The van der Waals surface area contributed by atoms with E-state index < -0.39 is 0 Å². The van der Waals surface area contributed by atoms with Gasteiger partial charge in [0.1, 0.15) is 5.65 Å². The van der Waals surface area contributed by atoms with E-state index in [1.165, 1.54) is 0 Å². The third-order valence-electron chi connectivity index (χ3n) is 3.68. The van der Waals surface area contributed by atoms with E-state index in [4.69, 9.17) is 9.47 Å². The first kappa shape index (κ1) is 13.5. The zero-order valence-electron chi connectivity index (χ0n) is 12.7. The van der Waals surface area contributed by atoms with Crippen molar-refractivity contribution in [2.24, 2.45) is 0 Å². The highest BCUT2D eigenvalue weighted by Crippen LogP contribution is 2.34. The predicted octanol–water partition coefficient (Wildman–Crippen LogP) is 3.64. The number of aromatic nitrogens is 2. The molecule has 0 amide bonds. The number of pyridine rings is 1. The highest BCUT2D eigenvalue weighted by Gasteiger charge is 2.14. The van der Waals surface area contributed by atoms with Gasteiger partial charge in [0.15, 0.2) is 11.5 Å². The molecule has 2 heterocycles. The summed E-state index contributed by atoms with van der Waals surface area (Å²) in [6.07, 6.45) is 2.04. The van der Waals surface area contributed by atoms with Crippen LogP contribution >= 0.6 is 0 Å². The normalized spacial score (nSPS) is 10.9. The molecule has 0 aliphatic heterocycles. The highest BCUT2D eigenvalue weighted by atomic mass is 16.5. The van der Waals surface area contributed by atoms with Crippen molar-refractivity contribution in [1.82, 2.24) is 9.38 Å². The Morgan fingerprint density at radius 2 is 1.76 bits per heavy atom. The second kappa shape index (κ2) is 5.13. The quantitative estimate of drug-likeness (QED) is 0.736. The Kier molecular flexibility index (Phi) is 3.29. The molecule has 4 heteroatoms. The Labute approximate surface area is 124 Å². The molecule has 0 atom stereocenters. The molecule has 4 nitrogen and oxygen atoms in total. The lowest BCUT2D eigenvalue weighted by Crippen LogP contribution is -1.94. The monoisotopic (exact) mass is 282 g/mol. The van der Waals surface area contributed by atoms with Crippen LogP contribution < -0.4 is 9.47 Å². The molecule has 0 aliphatic rings. The lowest BCUT2D eigenvalue weighted by Gasteiger charge is -2.10. The van der Waals surface area contributed by atoms with E-state index in [1.54, 1.807) is 14.2 Å². The molecule has 0 radical (unpaired) electrons. The van der Waals surface area contributed by atoms with E-state index in [-0.39, 0.29) is 0 Å². The summed E-state index contributed by atoms with van der Waals surface area (Å²) < 4.78 is 12.8. The van der Waals surface area contributed by atoms with Gasteiger partial charge in [-0.1, -0.05) is 6.07 Å². The number of fused-ring (bicyclic) bond motifs is 1. The highest BCUT2D eigenvalue weighted by molar-refractivity contribution is 5.70. The molecule has 3 rings (SSSR count). The molecule has 0 bridgehead atoms. The van der Waals surface area contributed by atoms with Gasteiger partial charge in [-0.05, 0) is 43.7 Å². The number of aryl methyl sites for hydroxylation is 2. The van der Waals surface area contributed by atoms with Crippen LogP contribution in [0.3, 0.4) is 0 Å². The number of benzene rings is 1. The molecule has 0 saturated heterocycles. The molecule has 3 aromatic rings. The number of rotatable bonds is 3. The second-order valence-corrected chi connectivity index (χ2v) is 5.00. The van der Waals surface area contributed by atoms with Gasteiger partial charge < -0.3 is 9.47 Å². The molecular formula is C17H18N2O2. The van der Waals surface area contributed by atoms with Gasteiger partial charge >= 0.3 is 0 Å². The lowest BCUT2D eigenvalue weighted by molar-refractivity contribution is 0.355. The molecular weight excluding hydrogens is 264 g/mol. The standard InChI is InChI=1S/C17H18N2O2/c1-11-6-5-9-19-16(12(2)18-17(11)19)13-7-8-14(20-3)15(10-13)21-4/h5-10H,1-4H3. The Morgan fingerprint density at radius 3 is 2.48 bits per heavy atom. The van der Waals surface area contributed by atoms with Crippen molar-refractivity contribution in [3.8, 4) is 22.8 Å². The third kappa shape index (κ3) is 2.13. The number of hydrogen-bond donors (Lipinski definition) is 0. The number of methoxy groups -OCH3 is 2. The van der Waals surface area contributed by atoms with Crippen molar-refractivity contribution in [1.29, 1.82) is 0 Å². The summed E-state index contributed by atoms with van der Waals surface area (Å²) in [5.74, 6) is 1.45. The first-order valence-corrected chi connectivity index (χ1v) is 6.82. The summed E-state index contributed by atoms with van der Waals surface area (Å²) in [6.45, 7) is 4.10. The van der Waals surface area contributed by atoms with Crippen LogP contribution in [0.25, 0.3) is 16.9 Å². The summed E-state index contributed by atoms with van der Waals surface area (Å²) in [5, 5.41) is 0. The van der Waals surface area contributed by atoms with Crippen LogP contribution in [0.1, 0.15) is 11.3 Å². The van der Waals surface area contributed by atoms with Crippen molar-refractivity contribution in [2.75, 3.05) is 14.2 Å². The molecule has 0 unspecified atom stereocenters. The smallest absolute Gasteiger partial charge is 0.161 e. The summed E-state index contributed by atoms with van der Waals surface area (Å²) >= 11 is 0. The van der Waals surface area contributed by atoms with E-state index in [9.17, 15) is 0 Å². The summed E-state index contributed by atoms with van der Waals surface area (Å²) in [5.41, 5.74) is 5.28. The molecule has 0 N–H and O–H groups in total. The van der Waals surface area contributed by atoms with Crippen LogP contribution in [-0.2, 0) is 0 Å². The number of ether oxygens (including phenoxy) is 2. The van der Waals surface area contributed by atoms with Crippen molar-refractivity contribution in [3.63, 3.8) is 0 Å². The van der Waals surface area contributed by atoms with Gasteiger partial charge in [0, 0.05) is 11.8 Å². The fourth-order valence-electron chi connectivity index (χ4n) is 2.65. The van der Waals surface area contributed by atoms with Crippen molar-refractivity contribution < 1.29 is 9.47 Å². The first-order valence-electron chi connectivity index (χ1n) is 6.82. The van der Waals surface area contributed by atoms with Crippen LogP contribution in [0.5, 0.6) is 11.5 Å². The van der Waals surface area contributed by atoms with Crippen molar-refractivity contribution in [2.45, 2.75) is 13.8 Å². The second-order valence-electron chi connectivity index (χ2n) is 5.00. The fourth-order valence-corrected chi connectivity index (χ4v) is 2.65. The Morgan fingerprint density at radius 1 is 1.00 bits per heavy atom. The van der Waals surface area contributed by atoms with Crippen molar-refractivity contribution >= 4 is 5.65 Å². The molecule has 0 fully saturated rings. The molecule has 2 aromatic heterocycles. The average Bonchev–Trinajstić information content (AvgIpc) is 2.84. The van der Waals surface area contributed by atoms with Crippen LogP contribution in [-0.4, -0.2) is 23.6 Å². The van der Waals surface area contributed by atoms with Crippen LogP contribution in [0.4, 0.5) is 0 Å². The van der Waals surface area contributed by atoms with E-state index in [0.29, 0.717) is 0 Å². The maximum atomic E-state index is 5.40. The zero-order chi connectivity index (χ0) is 15.0. The van der Waals surface area contributed by atoms with E-state index in [2.05, 4.69) is 22.4 Å². The average molecular weight is 282 g/mol. The minimum Gasteiger partial charge on any atom is -0.493 e. The van der Waals surface area contributed by atoms with Gasteiger partial charge in [0.2, 0.25) is 0 Å². The lowest BCUT2D eigenvalue weighted by atomic mass is 10.1.